The van der Waals surface area contributed by atoms with Gasteiger partial charge in [-0.05, 0) is 64.6 Å². The van der Waals surface area contributed by atoms with E-state index in [1.54, 1.807) is 30.3 Å². The second-order valence-electron chi connectivity index (χ2n) is 8.07. The quantitative estimate of drug-likeness (QED) is 0.188. The highest BCUT2D eigenvalue weighted by molar-refractivity contribution is 5.71. The lowest BCUT2D eigenvalue weighted by molar-refractivity contribution is 0.274. The summed E-state index contributed by atoms with van der Waals surface area (Å²) in [6.45, 7) is 1.84. The molecule has 0 aromatic heterocycles. The van der Waals surface area contributed by atoms with Crippen LogP contribution in [-0.2, 0) is 13.0 Å². The number of hydrogen-bond donors (Lipinski definition) is 0. The molecule has 7 heteroatoms. The van der Waals surface area contributed by atoms with E-state index in [1.165, 1.54) is 24.3 Å². The molecule has 4 aromatic carbocycles. The summed E-state index contributed by atoms with van der Waals surface area (Å²) in [5.41, 5.74) is 2.12. The van der Waals surface area contributed by atoms with Crippen molar-refractivity contribution in [1.82, 2.24) is 0 Å². The number of rotatable bonds is 7. The predicted octanol–water partition coefficient (Wildman–Crippen LogP) is 8.39. The summed E-state index contributed by atoms with van der Waals surface area (Å²) in [6, 6.07) is 14.8. The lowest BCUT2D eigenvalue weighted by Gasteiger charge is -2.11. The fourth-order valence-corrected chi connectivity index (χ4v) is 3.77. The fraction of sp³-hybridized carbons (Fsp3) is 0.143. The highest BCUT2D eigenvalue weighted by atomic mass is 19.2. The van der Waals surface area contributed by atoms with Gasteiger partial charge in [-0.3, -0.25) is 0 Å². The Labute approximate surface area is 198 Å². The minimum Gasteiger partial charge on any atom is -0.483 e. The molecule has 1 nitrogen and oxygen atoms in total. The summed E-state index contributed by atoms with van der Waals surface area (Å²) in [5, 5.41) is 0. The van der Waals surface area contributed by atoms with Crippen molar-refractivity contribution < 1.29 is 31.1 Å². The van der Waals surface area contributed by atoms with Crippen molar-refractivity contribution in [1.29, 1.82) is 0 Å². The zero-order valence-corrected chi connectivity index (χ0v) is 18.6. The maximum Gasteiger partial charge on any atom is 0.194 e. The van der Waals surface area contributed by atoms with Crippen LogP contribution in [0.15, 0.2) is 66.7 Å². The van der Waals surface area contributed by atoms with Gasteiger partial charge in [-0.25, -0.2) is 26.3 Å². The van der Waals surface area contributed by atoms with Crippen molar-refractivity contribution in [3.63, 3.8) is 0 Å². The lowest BCUT2D eigenvalue weighted by atomic mass is 9.99. The molecule has 0 amide bonds. The number of ether oxygens (including phenoxy) is 1. The summed E-state index contributed by atoms with van der Waals surface area (Å²) >= 11 is 0. The van der Waals surface area contributed by atoms with Crippen LogP contribution in [0.4, 0.5) is 26.3 Å². The van der Waals surface area contributed by atoms with Crippen LogP contribution in [0.25, 0.3) is 22.3 Å². The summed E-state index contributed by atoms with van der Waals surface area (Å²) in [4.78, 5) is 0. The molecule has 0 aliphatic carbocycles. The van der Waals surface area contributed by atoms with Crippen LogP contribution in [-0.4, -0.2) is 0 Å². The van der Waals surface area contributed by atoms with Crippen molar-refractivity contribution in [3.8, 4) is 28.0 Å². The van der Waals surface area contributed by atoms with E-state index in [0.29, 0.717) is 28.7 Å². The van der Waals surface area contributed by atoms with Crippen LogP contribution in [0, 0.1) is 34.9 Å². The second-order valence-corrected chi connectivity index (χ2v) is 8.07. The number of halogens is 6. The van der Waals surface area contributed by atoms with Gasteiger partial charge >= 0.3 is 0 Å². The van der Waals surface area contributed by atoms with Gasteiger partial charge in [0, 0.05) is 5.56 Å². The molecule has 0 saturated heterocycles. The largest absolute Gasteiger partial charge is 0.483 e. The average Bonchev–Trinajstić information content (AvgIpc) is 2.82. The van der Waals surface area contributed by atoms with Crippen LogP contribution in [0.3, 0.4) is 0 Å². The molecular weight excluding hydrogens is 466 g/mol. The smallest absolute Gasteiger partial charge is 0.194 e. The molecule has 0 N–H and O–H groups in total. The van der Waals surface area contributed by atoms with E-state index in [9.17, 15) is 26.3 Å². The van der Waals surface area contributed by atoms with Crippen LogP contribution in [0.5, 0.6) is 5.75 Å². The number of aryl methyl sites for hydroxylation is 1. The Balaban J connectivity index is 1.49. The van der Waals surface area contributed by atoms with Crippen molar-refractivity contribution in [2.24, 2.45) is 0 Å². The molecule has 0 aliphatic rings. The first-order valence-electron chi connectivity index (χ1n) is 10.9. The maximum absolute atomic E-state index is 14.7. The molecule has 0 atom stereocenters. The molecule has 35 heavy (non-hydrogen) atoms. The van der Waals surface area contributed by atoms with Gasteiger partial charge in [0.05, 0.1) is 0 Å². The molecule has 0 spiro atoms. The van der Waals surface area contributed by atoms with Crippen LogP contribution in [0.1, 0.15) is 24.5 Å². The molecule has 0 radical (unpaired) electrons. The van der Waals surface area contributed by atoms with E-state index in [1.807, 2.05) is 6.92 Å². The molecule has 4 aromatic rings. The lowest BCUT2D eigenvalue weighted by Crippen LogP contribution is -2.01. The third-order valence-electron chi connectivity index (χ3n) is 5.53. The molecule has 0 bridgehead atoms. The highest BCUT2D eigenvalue weighted by Gasteiger charge is 2.15. The van der Waals surface area contributed by atoms with Crippen LogP contribution in [0.2, 0.25) is 0 Å². The molecular formula is C28H20F6O. The van der Waals surface area contributed by atoms with Gasteiger partial charge in [0.1, 0.15) is 12.4 Å². The van der Waals surface area contributed by atoms with Gasteiger partial charge < -0.3 is 4.74 Å². The van der Waals surface area contributed by atoms with Gasteiger partial charge in [0.25, 0.3) is 0 Å². The van der Waals surface area contributed by atoms with Crippen molar-refractivity contribution in [3.05, 3.63) is 113 Å². The first-order chi connectivity index (χ1) is 16.8. The number of benzene rings is 4. The predicted molar refractivity (Wildman–Crippen MR) is 122 cm³/mol. The first-order valence-corrected chi connectivity index (χ1v) is 10.9. The maximum atomic E-state index is 14.7. The Bertz CT molecular complexity index is 1320. The monoisotopic (exact) mass is 486 g/mol. The average molecular weight is 486 g/mol. The highest BCUT2D eigenvalue weighted by Crippen LogP contribution is 2.30. The summed E-state index contributed by atoms with van der Waals surface area (Å²) < 4.78 is 88.7. The van der Waals surface area contributed by atoms with Crippen LogP contribution < -0.4 is 4.74 Å². The van der Waals surface area contributed by atoms with Gasteiger partial charge in [-0.15, -0.1) is 0 Å². The Kier molecular flexibility index (Phi) is 7.15. The molecule has 0 saturated carbocycles. The van der Waals surface area contributed by atoms with E-state index in [4.69, 9.17) is 4.74 Å². The molecule has 0 aliphatic heterocycles. The molecule has 180 valence electrons. The third kappa shape index (κ3) is 5.34. The van der Waals surface area contributed by atoms with Crippen molar-refractivity contribution in [2.75, 3.05) is 0 Å². The normalized spacial score (nSPS) is 11.1. The van der Waals surface area contributed by atoms with Crippen molar-refractivity contribution >= 4 is 0 Å². The Morgan fingerprint density at radius 2 is 1.14 bits per heavy atom. The Hall–Kier alpha value is -3.74. The van der Waals surface area contributed by atoms with Gasteiger partial charge in [-0.2, -0.15) is 0 Å². The van der Waals surface area contributed by atoms with Crippen molar-refractivity contribution in [2.45, 2.75) is 26.4 Å². The van der Waals surface area contributed by atoms with E-state index < -0.39 is 40.7 Å². The van der Waals surface area contributed by atoms with Gasteiger partial charge in [0.15, 0.2) is 34.8 Å². The summed E-state index contributed by atoms with van der Waals surface area (Å²) in [5.74, 6) is -7.13. The minimum absolute atomic E-state index is 0.0732. The molecule has 0 fully saturated rings. The molecule has 4 rings (SSSR count). The number of hydrogen-bond acceptors (Lipinski definition) is 1. The SMILES string of the molecule is CCCc1cc(F)c(OCc2ccc(-c3ccc(-c4cc(F)c(F)c(F)c4)c(F)c3)cc2)c(F)c1. The molecule has 0 heterocycles. The topological polar surface area (TPSA) is 9.23 Å². The van der Waals surface area contributed by atoms with Crippen LogP contribution >= 0.6 is 0 Å². The zero-order valence-electron chi connectivity index (χ0n) is 18.6. The summed E-state index contributed by atoms with van der Waals surface area (Å²) in [7, 11) is 0. The zero-order chi connectivity index (χ0) is 25.1. The summed E-state index contributed by atoms with van der Waals surface area (Å²) in [6.07, 6.45) is 1.33. The van der Waals surface area contributed by atoms with E-state index in [0.717, 1.165) is 18.6 Å². The first kappa shape index (κ1) is 24.4. The third-order valence-corrected chi connectivity index (χ3v) is 5.53. The fourth-order valence-electron chi connectivity index (χ4n) is 3.77. The Morgan fingerprint density at radius 1 is 0.571 bits per heavy atom. The Morgan fingerprint density at radius 3 is 1.71 bits per heavy atom. The van der Waals surface area contributed by atoms with Gasteiger partial charge in [0.2, 0.25) is 0 Å². The van der Waals surface area contributed by atoms with E-state index in [2.05, 4.69) is 0 Å². The second kappa shape index (κ2) is 10.3. The van der Waals surface area contributed by atoms with Gasteiger partial charge in [-0.1, -0.05) is 49.7 Å². The standard InChI is InChI=1S/C28H20F6O/c1-2-3-17-10-25(32)28(26(33)11-17)35-15-16-4-6-18(7-5-16)19-8-9-21(22(29)12-19)20-13-23(30)27(34)24(31)14-20/h4-14H,2-3,15H2,1H3. The molecule has 0 unspecified atom stereocenters. The minimum atomic E-state index is -1.62. The van der Waals surface area contributed by atoms with E-state index >= 15 is 0 Å². The van der Waals surface area contributed by atoms with E-state index in [-0.39, 0.29) is 17.7 Å².